The normalized spacial score (nSPS) is 10.2. The molecule has 0 N–H and O–H groups in total. The second kappa shape index (κ2) is 5.85. The van der Waals surface area contributed by atoms with Gasteiger partial charge in [0.25, 0.3) is 0 Å². The highest BCUT2D eigenvalue weighted by Crippen LogP contribution is 2.19. The third-order valence-corrected chi connectivity index (χ3v) is 3.84. The summed E-state index contributed by atoms with van der Waals surface area (Å²) in [6.07, 6.45) is 0.736. The summed E-state index contributed by atoms with van der Waals surface area (Å²) in [7, 11) is 0. The largest absolute Gasteiger partial charge is 0.493 e. The van der Waals surface area contributed by atoms with E-state index in [1.54, 1.807) is 0 Å². The second-order valence-electron chi connectivity index (χ2n) is 4.56. The number of rotatable bonds is 4. The van der Waals surface area contributed by atoms with E-state index in [9.17, 15) is 0 Å². The predicted molar refractivity (Wildman–Crippen MR) is 76.7 cm³/mol. The number of benzene rings is 1. The van der Waals surface area contributed by atoms with Gasteiger partial charge in [0.2, 0.25) is 0 Å². The van der Waals surface area contributed by atoms with Gasteiger partial charge in [-0.25, -0.2) is 4.98 Å². The quantitative estimate of drug-likeness (QED) is 0.855. The highest BCUT2D eigenvalue weighted by atomic mass is 32.1. The number of nitriles is 1. The smallest absolute Gasteiger partial charge is 0.127 e. The minimum atomic E-state index is 0.584. The predicted octanol–water partition coefficient (Wildman–Crippen LogP) is 3.56. The van der Waals surface area contributed by atoms with E-state index >= 15 is 0 Å². The Morgan fingerprint density at radius 3 is 2.47 bits per heavy atom. The van der Waals surface area contributed by atoms with Gasteiger partial charge in [0.15, 0.2) is 0 Å². The van der Waals surface area contributed by atoms with E-state index in [0.29, 0.717) is 11.5 Å². The van der Waals surface area contributed by atoms with Crippen LogP contribution in [0.3, 0.4) is 0 Å². The summed E-state index contributed by atoms with van der Waals surface area (Å²) < 4.78 is 5.74. The Balaban J connectivity index is 1.94. The fraction of sp³-hybridized carbons (Fsp3) is 0.333. The number of thiazole rings is 1. The Hall–Kier alpha value is -1.86. The summed E-state index contributed by atoms with van der Waals surface area (Å²) in [5.74, 6) is 0.895. The molecular weight excluding hydrogens is 256 g/mol. The van der Waals surface area contributed by atoms with Crippen LogP contribution in [0.4, 0.5) is 0 Å². The average Bonchev–Trinajstić information content (AvgIpc) is 2.68. The summed E-state index contributed by atoms with van der Waals surface area (Å²) in [5, 5.41) is 9.84. The third-order valence-electron chi connectivity index (χ3n) is 2.72. The van der Waals surface area contributed by atoms with Crippen LogP contribution >= 0.6 is 11.3 Å². The summed E-state index contributed by atoms with van der Waals surface area (Å²) in [4.78, 5) is 5.06. The molecule has 98 valence electrons. The molecule has 2 rings (SSSR count). The van der Waals surface area contributed by atoms with E-state index in [-0.39, 0.29) is 0 Å². The molecule has 0 bridgehead atoms. The Morgan fingerprint density at radius 1 is 1.21 bits per heavy atom. The maximum atomic E-state index is 8.89. The molecule has 0 amide bonds. The highest BCUT2D eigenvalue weighted by molar-refractivity contribution is 7.12. The maximum absolute atomic E-state index is 8.89. The summed E-state index contributed by atoms with van der Waals surface area (Å²) in [6.45, 7) is 6.57. The van der Waals surface area contributed by atoms with Crippen molar-refractivity contribution in [2.45, 2.75) is 27.2 Å². The van der Waals surface area contributed by atoms with Gasteiger partial charge in [-0.05, 0) is 44.0 Å². The zero-order chi connectivity index (χ0) is 13.8. The van der Waals surface area contributed by atoms with Crippen molar-refractivity contribution in [1.82, 2.24) is 4.98 Å². The van der Waals surface area contributed by atoms with E-state index in [4.69, 9.17) is 10.00 Å². The number of aromatic nitrogens is 1. The van der Waals surface area contributed by atoms with E-state index in [1.807, 2.05) is 19.1 Å². The standard InChI is InChI=1S/C15H16N2OS/c1-10-6-11(2)8-13(7-10)18-5-4-15-17-12(3)14(9-16)19-15/h6-8H,4-5H2,1-3H3. The van der Waals surface area contributed by atoms with Crippen LogP contribution in [0.15, 0.2) is 18.2 Å². The van der Waals surface area contributed by atoms with Gasteiger partial charge in [0.05, 0.1) is 17.3 Å². The van der Waals surface area contributed by atoms with Gasteiger partial charge in [-0.15, -0.1) is 11.3 Å². The van der Waals surface area contributed by atoms with Crippen LogP contribution in [0.5, 0.6) is 5.75 Å². The first-order valence-corrected chi connectivity index (χ1v) is 6.97. The molecule has 1 aromatic carbocycles. The van der Waals surface area contributed by atoms with E-state index in [1.165, 1.54) is 22.5 Å². The lowest BCUT2D eigenvalue weighted by Gasteiger charge is -2.07. The van der Waals surface area contributed by atoms with Crippen molar-refractivity contribution >= 4 is 11.3 Å². The SMILES string of the molecule is Cc1cc(C)cc(OCCc2nc(C)c(C#N)s2)c1. The lowest BCUT2D eigenvalue weighted by molar-refractivity contribution is 0.321. The first-order chi connectivity index (χ1) is 9.08. The highest BCUT2D eigenvalue weighted by Gasteiger charge is 2.06. The van der Waals surface area contributed by atoms with Gasteiger partial charge in [-0.3, -0.25) is 0 Å². The Bertz CT molecular complexity index is 605. The molecule has 0 aliphatic rings. The van der Waals surface area contributed by atoms with Crippen molar-refractivity contribution < 1.29 is 4.74 Å². The van der Waals surface area contributed by atoms with Gasteiger partial charge in [0.1, 0.15) is 16.7 Å². The van der Waals surface area contributed by atoms with Crippen molar-refractivity contribution in [2.75, 3.05) is 6.61 Å². The zero-order valence-corrected chi connectivity index (χ0v) is 12.2. The van der Waals surface area contributed by atoms with Gasteiger partial charge in [0, 0.05) is 6.42 Å². The third kappa shape index (κ3) is 3.55. The van der Waals surface area contributed by atoms with Crippen molar-refractivity contribution in [2.24, 2.45) is 0 Å². The Labute approximate surface area is 117 Å². The molecule has 0 saturated carbocycles. The topological polar surface area (TPSA) is 45.9 Å². The average molecular weight is 272 g/mol. The zero-order valence-electron chi connectivity index (χ0n) is 11.4. The molecule has 3 nitrogen and oxygen atoms in total. The van der Waals surface area contributed by atoms with Gasteiger partial charge < -0.3 is 4.74 Å². The minimum absolute atomic E-state index is 0.584. The van der Waals surface area contributed by atoms with E-state index in [0.717, 1.165) is 22.9 Å². The van der Waals surface area contributed by atoms with Crippen LogP contribution in [-0.2, 0) is 6.42 Å². The van der Waals surface area contributed by atoms with Crippen LogP contribution in [-0.4, -0.2) is 11.6 Å². The number of nitrogens with zero attached hydrogens (tertiary/aromatic N) is 2. The molecule has 0 atom stereocenters. The molecule has 19 heavy (non-hydrogen) atoms. The lowest BCUT2D eigenvalue weighted by atomic mass is 10.1. The Kier molecular flexibility index (Phi) is 4.18. The van der Waals surface area contributed by atoms with Crippen LogP contribution in [0, 0.1) is 32.1 Å². The molecule has 0 radical (unpaired) electrons. The van der Waals surface area contributed by atoms with Gasteiger partial charge in [-0.2, -0.15) is 5.26 Å². The minimum Gasteiger partial charge on any atom is -0.493 e. The summed E-state index contributed by atoms with van der Waals surface area (Å²) >= 11 is 1.45. The number of ether oxygens (including phenoxy) is 1. The van der Waals surface area contributed by atoms with E-state index in [2.05, 4.69) is 31.0 Å². The van der Waals surface area contributed by atoms with Crippen molar-refractivity contribution in [3.05, 3.63) is 44.9 Å². The van der Waals surface area contributed by atoms with Crippen LogP contribution in [0.25, 0.3) is 0 Å². The van der Waals surface area contributed by atoms with Crippen molar-refractivity contribution in [3.63, 3.8) is 0 Å². The first kappa shape index (κ1) is 13.6. The summed E-state index contributed by atoms with van der Waals surface area (Å²) in [6, 6.07) is 8.33. The molecule has 0 unspecified atom stereocenters. The van der Waals surface area contributed by atoms with Crippen LogP contribution in [0.1, 0.15) is 26.7 Å². The molecule has 0 spiro atoms. The molecule has 0 saturated heterocycles. The van der Waals surface area contributed by atoms with Gasteiger partial charge in [-0.1, -0.05) is 6.07 Å². The number of hydrogen-bond donors (Lipinski definition) is 0. The second-order valence-corrected chi connectivity index (χ2v) is 5.64. The molecule has 4 heteroatoms. The Morgan fingerprint density at radius 2 is 1.89 bits per heavy atom. The molecule has 2 aromatic rings. The molecule has 0 aliphatic carbocycles. The van der Waals surface area contributed by atoms with Gasteiger partial charge >= 0.3 is 0 Å². The number of hydrogen-bond acceptors (Lipinski definition) is 4. The molecule has 0 aliphatic heterocycles. The molecule has 0 fully saturated rings. The van der Waals surface area contributed by atoms with Crippen molar-refractivity contribution in [1.29, 1.82) is 5.26 Å². The summed E-state index contributed by atoms with van der Waals surface area (Å²) in [5.41, 5.74) is 3.22. The van der Waals surface area contributed by atoms with Crippen LogP contribution in [0.2, 0.25) is 0 Å². The monoisotopic (exact) mass is 272 g/mol. The van der Waals surface area contributed by atoms with E-state index < -0.39 is 0 Å². The fourth-order valence-electron chi connectivity index (χ4n) is 1.94. The van der Waals surface area contributed by atoms with Crippen molar-refractivity contribution in [3.8, 4) is 11.8 Å². The molecular formula is C15H16N2OS. The molecule has 1 aromatic heterocycles. The van der Waals surface area contributed by atoms with Crippen LogP contribution < -0.4 is 4.74 Å². The number of aryl methyl sites for hydroxylation is 3. The first-order valence-electron chi connectivity index (χ1n) is 6.16. The lowest BCUT2D eigenvalue weighted by Crippen LogP contribution is -2.01. The molecule has 1 heterocycles. The fourth-order valence-corrected chi connectivity index (χ4v) is 2.78. The maximum Gasteiger partial charge on any atom is 0.127 e.